The van der Waals surface area contributed by atoms with Crippen molar-refractivity contribution in [3.63, 3.8) is 0 Å². The second-order valence-electron chi connectivity index (χ2n) is 8.64. The minimum absolute atomic E-state index is 0.114. The van der Waals surface area contributed by atoms with Crippen molar-refractivity contribution in [3.8, 4) is 11.3 Å². The molecule has 3 N–H and O–H groups in total. The highest BCUT2D eigenvalue weighted by molar-refractivity contribution is 5.94. The number of fused-ring (bicyclic) bond motifs is 1. The molecule has 0 saturated carbocycles. The Morgan fingerprint density at radius 3 is 2.55 bits per heavy atom. The highest BCUT2D eigenvalue weighted by atomic mass is 16.5. The first-order valence-electron chi connectivity index (χ1n) is 11.8. The van der Waals surface area contributed by atoms with Crippen LogP contribution in [0.1, 0.15) is 24.8 Å². The third kappa shape index (κ3) is 4.83. The average molecular weight is 454 g/mol. The number of likely N-dealkylation sites (tertiary alicyclic amines) is 1. The second-order valence-corrected chi connectivity index (χ2v) is 8.64. The summed E-state index contributed by atoms with van der Waals surface area (Å²) < 4.78 is 5.49. The van der Waals surface area contributed by atoms with Crippen molar-refractivity contribution < 1.29 is 9.53 Å². The molecule has 2 aromatic rings. The number of ether oxygens (including phenoxy) is 1. The fourth-order valence-corrected chi connectivity index (χ4v) is 4.64. The molecule has 176 valence electrons. The fraction of sp³-hybridized carbons (Fsp3) is 0.591. The maximum atomic E-state index is 13.1. The summed E-state index contributed by atoms with van der Waals surface area (Å²) in [5.41, 5.74) is 8.14. The number of carbonyl (C=O) groups is 1. The molecule has 0 bridgehead atoms. The van der Waals surface area contributed by atoms with Crippen LogP contribution in [0.5, 0.6) is 0 Å². The largest absolute Gasteiger partial charge is 0.378 e. The molecule has 3 aliphatic heterocycles. The SMILES string of the molecule is Nc1ncc(-c2nc(N3CCOCC3)nc3c2CCN3C(=O)NCCN2CCCCC2)cn1. The van der Waals surface area contributed by atoms with Gasteiger partial charge in [-0.25, -0.2) is 19.7 Å². The number of piperidine rings is 1. The lowest BCUT2D eigenvalue weighted by molar-refractivity contribution is 0.122. The van der Waals surface area contributed by atoms with E-state index in [1.807, 2.05) is 0 Å². The highest BCUT2D eigenvalue weighted by Crippen LogP contribution is 2.35. The molecule has 0 aromatic carbocycles. The minimum atomic E-state index is -0.114. The Labute approximate surface area is 193 Å². The first-order chi connectivity index (χ1) is 16.2. The number of nitrogens with two attached hydrogens (primary N) is 1. The van der Waals surface area contributed by atoms with E-state index in [1.165, 1.54) is 19.3 Å². The number of rotatable bonds is 5. The maximum Gasteiger partial charge on any atom is 0.323 e. The molecule has 11 heteroatoms. The van der Waals surface area contributed by atoms with Crippen LogP contribution in [0, 0.1) is 0 Å². The van der Waals surface area contributed by atoms with Crippen molar-refractivity contribution in [2.24, 2.45) is 0 Å². The third-order valence-electron chi connectivity index (χ3n) is 6.45. The Bertz CT molecular complexity index is 973. The Kier molecular flexibility index (Phi) is 6.49. The quantitative estimate of drug-likeness (QED) is 0.679. The van der Waals surface area contributed by atoms with Gasteiger partial charge in [0.1, 0.15) is 5.82 Å². The van der Waals surface area contributed by atoms with E-state index in [-0.39, 0.29) is 12.0 Å². The van der Waals surface area contributed by atoms with Crippen LogP contribution >= 0.6 is 0 Å². The van der Waals surface area contributed by atoms with Gasteiger partial charge in [-0.2, -0.15) is 4.98 Å². The Hall–Kier alpha value is -3.05. The number of nitrogen functional groups attached to an aromatic ring is 1. The highest BCUT2D eigenvalue weighted by Gasteiger charge is 2.31. The first-order valence-corrected chi connectivity index (χ1v) is 11.8. The van der Waals surface area contributed by atoms with E-state index in [0.29, 0.717) is 57.6 Å². The Balaban J connectivity index is 1.38. The smallest absolute Gasteiger partial charge is 0.323 e. The molecule has 2 amide bonds. The summed E-state index contributed by atoms with van der Waals surface area (Å²) in [6.07, 6.45) is 7.82. The molecule has 3 aliphatic rings. The molecule has 0 atom stereocenters. The van der Waals surface area contributed by atoms with Gasteiger partial charge in [0.25, 0.3) is 0 Å². The molecule has 5 rings (SSSR count). The first kappa shape index (κ1) is 21.8. The number of nitrogens with zero attached hydrogens (tertiary/aromatic N) is 7. The predicted molar refractivity (Wildman–Crippen MR) is 125 cm³/mol. The van der Waals surface area contributed by atoms with Crippen molar-refractivity contribution in [1.29, 1.82) is 0 Å². The lowest BCUT2D eigenvalue weighted by Crippen LogP contribution is -2.44. The molecule has 2 fully saturated rings. The molecule has 0 aliphatic carbocycles. The molecule has 5 heterocycles. The van der Waals surface area contributed by atoms with Gasteiger partial charge in [0, 0.05) is 56.2 Å². The number of morpholine rings is 1. The van der Waals surface area contributed by atoms with Gasteiger partial charge in [-0.3, -0.25) is 4.90 Å². The molecular weight excluding hydrogens is 422 g/mol. The van der Waals surface area contributed by atoms with Crippen LogP contribution in [0.15, 0.2) is 12.4 Å². The van der Waals surface area contributed by atoms with Gasteiger partial charge in [0.05, 0.1) is 18.9 Å². The molecule has 2 saturated heterocycles. The fourth-order valence-electron chi connectivity index (χ4n) is 4.64. The standard InChI is InChI=1S/C22H31N9O2/c23-20-25-14-16(15-26-20)18-17-4-8-31(22(32)24-5-9-29-6-2-1-3-7-29)19(17)28-21(27-18)30-10-12-33-13-11-30/h14-15H,1-13H2,(H,24,32)(H2,23,25,26). The zero-order chi connectivity index (χ0) is 22.6. The molecule has 0 radical (unpaired) electrons. The van der Waals surface area contributed by atoms with E-state index in [9.17, 15) is 4.79 Å². The number of nitrogens with one attached hydrogen (secondary N) is 1. The van der Waals surface area contributed by atoms with E-state index in [0.717, 1.165) is 36.5 Å². The van der Waals surface area contributed by atoms with Crippen LogP contribution in [0.2, 0.25) is 0 Å². The average Bonchev–Trinajstić information content (AvgIpc) is 3.29. The molecule has 0 spiro atoms. The van der Waals surface area contributed by atoms with E-state index < -0.39 is 0 Å². The number of aromatic nitrogens is 4. The maximum absolute atomic E-state index is 13.1. The third-order valence-corrected chi connectivity index (χ3v) is 6.45. The van der Waals surface area contributed by atoms with Crippen LogP contribution in [0.4, 0.5) is 22.5 Å². The number of urea groups is 1. The molecule has 11 nitrogen and oxygen atoms in total. The Morgan fingerprint density at radius 1 is 1.03 bits per heavy atom. The van der Waals surface area contributed by atoms with Crippen molar-refractivity contribution in [2.75, 3.05) is 74.6 Å². The van der Waals surface area contributed by atoms with E-state index >= 15 is 0 Å². The van der Waals surface area contributed by atoms with Crippen LogP contribution in [0.25, 0.3) is 11.3 Å². The predicted octanol–water partition coefficient (Wildman–Crippen LogP) is 0.910. The van der Waals surface area contributed by atoms with Crippen LogP contribution < -0.4 is 20.9 Å². The number of hydrogen-bond donors (Lipinski definition) is 2. The molecule has 33 heavy (non-hydrogen) atoms. The van der Waals surface area contributed by atoms with Gasteiger partial charge in [0.2, 0.25) is 11.9 Å². The summed E-state index contributed by atoms with van der Waals surface area (Å²) in [6.45, 7) is 6.97. The monoisotopic (exact) mass is 453 g/mol. The van der Waals surface area contributed by atoms with Crippen molar-refractivity contribution in [2.45, 2.75) is 25.7 Å². The normalized spacial score (nSPS) is 18.9. The molecule has 0 unspecified atom stereocenters. The topological polar surface area (TPSA) is 126 Å². The van der Waals surface area contributed by atoms with Crippen LogP contribution in [0.3, 0.4) is 0 Å². The van der Waals surface area contributed by atoms with Crippen LogP contribution in [-0.2, 0) is 11.2 Å². The summed E-state index contributed by atoms with van der Waals surface area (Å²) in [5, 5.41) is 3.09. The molecule has 2 aromatic heterocycles. The molecular formula is C22H31N9O2. The van der Waals surface area contributed by atoms with Crippen molar-refractivity contribution in [1.82, 2.24) is 30.2 Å². The lowest BCUT2D eigenvalue weighted by atomic mass is 10.1. The van der Waals surface area contributed by atoms with E-state index in [1.54, 1.807) is 17.3 Å². The number of amides is 2. The summed E-state index contributed by atoms with van der Waals surface area (Å²) in [6, 6.07) is -0.114. The summed E-state index contributed by atoms with van der Waals surface area (Å²) in [7, 11) is 0. The number of carbonyl (C=O) groups excluding carboxylic acids is 1. The Morgan fingerprint density at radius 2 is 1.79 bits per heavy atom. The van der Waals surface area contributed by atoms with Crippen molar-refractivity contribution >= 4 is 23.7 Å². The van der Waals surface area contributed by atoms with Crippen molar-refractivity contribution in [3.05, 3.63) is 18.0 Å². The van der Waals surface area contributed by atoms with Crippen LogP contribution in [-0.4, -0.2) is 89.9 Å². The number of anilines is 3. The van der Waals surface area contributed by atoms with Gasteiger partial charge < -0.3 is 25.6 Å². The van der Waals surface area contributed by atoms with Gasteiger partial charge in [-0.1, -0.05) is 6.42 Å². The van der Waals surface area contributed by atoms with Gasteiger partial charge >= 0.3 is 6.03 Å². The van der Waals surface area contributed by atoms with Gasteiger partial charge in [-0.05, 0) is 32.4 Å². The van der Waals surface area contributed by atoms with E-state index in [2.05, 4.69) is 25.1 Å². The van der Waals surface area contributed by atoms with E-state index in [4.69, 9.17) is 20.4 Å². The lowest BCUT2D eigenvalue weighted by Gasteiger charge is -2.28. The zero-order valence-electron chi connectivity index (χ0n) is 18.9. The summed E-state index contributed by atoms with van der Waals surface area (Å²) in [4.78, 5) is 37.3. The summed E-state index contributed by atoms with van der Waals surface area (Å²) >= 11 is 0. The van der Waals surface area contributed by atoms with Gasteiger partial charge in [-0.15, -0.1) is 0 Å². The summed E-state index contributed by atoms with van der Waals surface area (Å²) in [5.74, 6) is 1.47. The minimum Gasteiger partial charge on any atom is -0.378 e. The second kappa shape index (κ2) is 9.84. The zero-order valence-corrected chi connectivity index (χ0v) is 18.9. The van der Waals surface area contributed by atoms with Gasteiger partial charge in [0.15, 0.2) is 0 Å². The number of hydrogen-bond acceptors (Lipinski definition) is 9.